The van der Waals surface area contributed by atoms with Gasteiger partial charge in [0.1, 0.15) is 24.2 Å². The summed E-state index contributed by atoms with van der Waals surface area (Å²) in [6.07, 6.45) is 0.425. The Hall–Kier alpha value is -5.16. The lowest BCUT2D eigenvalue weighted by atomic mass is 9.99. The van der Waals surface area contributed by atoms with Crippen molar-refractivity contribution in [3.63, 3.8) is 0 Å². The predicted molar refractivity (Wildman–Crippen MR) is 148 cm³/mol. The second-order valence-electron chi connectivity index (χ2n) is 9.63. The van der Waals surface area contributed by atoms with Crippen LogP contribution in [0.4, 0.5) is 0 Å². The lowest BCUT2D eigenvalue weighted by Gasteiger charge is -2.19. The van der Waals surface area contributed by atoms with Gasteiger partial charge in [-0.2, -0.15) is 5.26 Å². The summed E-state index contributed by atoms with van der Waals surface area (Å²) in [6, 6.07) is 21.8. The van der Waals surface area contributed by atoms with Crippen molar-refractivity contribution in [3.8, 4) is 17.6 Å². The van der Waals surface area contributed by atoms with Crippen molar-refractivity contribution in [2.75, 3.05) is 7.11 Å². The number of imide groups is 1. The molecule has 4 aromatic rings. The third-order valence-corrected chi connectivity index (χ3v) is 7.17. The van der Waals surface area contributed by atoms with Crippen LogP contribution >= 0.6 is 0 Å². The van der Waals surface area contributed by atoms with Crippen molar-refractivity contribution in [1.82, 2.24) is 9.88 Å². The van der Waals surface area contributed by atoms with Gasteiger partial charge in [-0.15, -0.1) is 0 Å². The van der Waals surface area contributed by atoms with Crippen molar-refractivity contribution < 1.29 is 19.1 Å². The smallest absolute Gasteiger partial charge is 0.261 e. The normalized spacial score (nSPS) is 12.3. The Kier molecular flexibility index (Phi) is 7.21. The lowest BCUT2D eigenvalue weighted by Crippen LogP contribution is -2.29. The molecule has 0 bridgehead atoms. The van der Waals surface area contributed by atoms with Gasteiger partial charge in [0.2, 0.25) is 0 Å². The minimum absolute atomic E-state index is 0.106. The molecule has 2 heterocycles. The number of methoxy groups -OCH3 is 1. The van der Waals surface area contributed by atoms with Gasteiger partial charge < -0.3 is 14.5 Å². The van der Waals surface area contributed by atoms with Crippen LogP contribution in [0.3, 0.4) is 0 Å². The van der Waals surface area contributed by atoms with Gasteiger partial charge in [0.15, 0.2) is 0 Å². The fourth-order valence-corrected chi connectivity index (χ4v) is 4.96. The van der Waals surface area contributed by atoms with E-state index < -0.39 is 0 Å². The van der Waals surface area contributed by atoms with Crippen molar-refractivity contribution in [1.29, 1.82) is 5.26 Å². The molecule has 5 rings (SSSR count). The summed E-state index contributed by atoms with van der Waals surface area (Å²) in [5.74, 6) is 0.310. The summed E-state index contributed by atoms with van der Waals surface area (Å²) in [5.41, 5.74) is 5.30. The fourth-order valence-electron chi connectivity index (χ4n) is 4.96. The monoisotopic (exact) mass is 533 g/mol. The molecule has 1 aromatic heterocycles. The van der Waals surface area contributed by atoms with E-state index in [4.69, 9.17) is 9.47 Å². The number of aryl methyl sites for hydroxylation is 1. The number of aromatic amines is 1. The molecule has 8 heteroatoms. The Labute approximate surface area is 231 Å². The molecule has 2 amide bonds. The third kappa shape index (κ3) is 4.85. The van der Waals surface area contributed by atoms with E-state index in [9.17, 15) is 19.6 Å². The molecule has 0 saturated heterocycles. The van der Waals surface area contributed by atoms with Crippen LogP contribution in [0, 0.1) is 25.2 Å². The first-order valence-corrected chi connectivity index (χ1v) is 12.8. The molecular weight excluding hydrogens is 506 g/mol. The second-order valence-corrected chi connectivity index (χ2v) is 9.63. The van der Waals surface area contributed by atoms with Crippen LogP contribution in [0.5, 0.6) is 11.5 Å². The molecule has 1 aliphatic heterocycles. The van der Waals surface area contributed by atoms with E-state index in [0.29, 0.717) is 45.9 Å². The summed E-state index contributed by atoms with van der Waals surface area (Å²) >= 11 is 0. The highest BCUT2D eigenvalue weighted by atomic mass is 16.5. The number of rotatable bonds is 8. The van der Waals surface area contributed by atoms with Gasteiger partial charge >= 0.3 is 0 Å². The number of hydrogen-bond acceptors (Lipinski definition) is 6. The zero-order chi connectivity index (χ0) is 28.4. The predicted octanol–water partition coefficient (Wildman–Crippen LogP) is 4.84. The van der Waals surface area contributed by atoms with Crippen LogP contribution in [0.15, 0.2) is 71.5 Å². The molecular formula is C32H27N3O5. The zero-order valence-corrected chi connectivity index (χ0v) is 22.4. The summed E-state index contributed by atoms with van der Waals surface area (Å²) < 4.78 is 11.6. The maximum Gasteiger partial charge on any atom is 0.261 e. The quantitative estimate of drug-likeness (QED) is 0.325. The standard InChI is InChI=1S/C32H27N3O5/c1-19-29(27(20(2)34-30(19)36)15-21-12-13-28(39-3)24(14-21)16-33)40-18-23-9-5-4-8-22(23)17-35-31(37)25-10-6-7-11-26(25)32(35)38/h4-14H,15,17-18H2,1-3H3,(H,34,36). The van der Waals surface area contributed by atoms with Crippen LogP contribution in [0.25, 0.3) is 0 Å². The molecule has 1 aliphatic rings. The highest BCUT2D eigenvalue weighted by Crippen LogP contribution is 2.30. The lowest BCUT2D eigenvalue weighted by molar-refractivity contribution is 0.0641. The van der Waals surface area contributed by atoms with Gasteiger partial charge in [0.05, 0.1) is 35.9 Å². The number of carbonyl (C=O) groups is 2. The van der Waals surface area contributed by atoms with E-state index in [1.807, 2.05) is 37.3 Å². The van der Waals surface area contributed by atoms with Gasteiger partial charge in [-0.25, -0.2) is 0 Å². The summed E-state index contributed by atoms with van der Waals surface area (Å²) in [7, 11) is 1.52. The first-order chi connectivity index (χ1) is 19.3. The van der Waals surface area contributed by atoms with E-state index in [2.05, 4.69) is 11.1 Å². The second kappa shape index (κ2) is 10.9. The van der Waals surface area contributed by atoms with E-state index in [0.717, 1.165) is 22.3 Å². The van der Waals surface area contributed by atoms with Gasteiger partial charge in [-0.3, -0.25) is 19.3 Å². The number of ether oxygens (including phenoxy) is 2. The van der Waals surface area contributed by atoms with Gasteiger partial charge in [0.25, 0.3) is 17.4 Å². The molecule has 8 nitrogen and oxygen atoms in total. The summed E-state index contributed by atoms with van der Waals surface area (Å²) in [6.45, 7) is 3.75. The van der Waals surface area contributed by atoms with Crippen LogP contribution in [0.2, 0.25) is 0 Å². The molecule has 0 fully saturated rings. The van der Waals surface area contributed by atoms with Crippen LogP contribution in [0.1, 0.15) is 59.8 Å². The molecule has 0 atom stereocenters. The number of benzene rings is 3. The molecule has 40 heavy (non-hydrogen) atoms. The Morgan fingerprint density at radius 3 is 2.20 bits per heavy atom. The summed E-state index contributed by atoms with van der Waals surface area (Å²) in [4.78, 5) is 42.7. The Morgan fingerprint density at radius 1 is 0.900 bits per heavy atom. The maximum absolute atomic E-state index is 12.9. The molecule has 1 N–H and O–H groups in total. The number of H-pyrrole nitrogens is 1. The number of nitrogens with one attached hydrogen (secondary N) is 1. The Morgan fingerprint density at radius 2 is 1.55 bits per heavy atom. The highest BCUT2D eigenvalue weighted by Gasteiger charge is 2.35. The van der Waals surface area contributed by atoms with Crippen molar-refractivity contribution >= 4 is 11.8 Å². The fraction of sp³-hybridized carbons (Fsp3) is 0.188. The average Bonchev–Trinajstić information content (AvgIpc) is 3.21. The van der Waals surface area contributed by atoms with E-state index in [1.165, 1.54) is 12.0 Å². The highest BCUT2D eigenvalue weighted by molar-refractivity contribution is 6.21. The number of amides is 2. The van der Waals surface area contributed by atoms with Crippen LogP contribution in [-0.2, 0) is 19.6 Å². The molecule has 200 valence electrons. The minimum Gasteiger partial charge on any atom is -0.495 e. The van der Waals surface area contributed by atoms with Crippen LogP contribution in [-0.4, -0.2) is 28.8 Å². The largest absolute Gasteiger partial charge is 0.495 e. The van der Waals surface area contributed by atoms with Crippen LogP contribution < -0.4 is 15.0 Å². The summed E-state index contributed by atoms with van der Waals surface area (Å²) in [5, 5.41) is 9.50. The van der Waals surface area contributed by atoms with E-state index in [-0.39, 0.29) is 30.5 Å². The molecule has 0 radical (unpaired) electrons. The van der Waals surface area contributed by atoms with Gasteiger partial charge in [0, 0.05) is 17.7 Å². The SMILES string of the molecule is COc1ccc(Cc2c(C)[nH]c(=O)c(C)c2OCc2ccccc2CN2C(=O)c3ccccc3C2=O)cc1C#N. The number of nitrogens with zero attached hydrogens (tertiary/aromatic N) is 2. The number of hydrogen-bond donors (Lipinski definition) is 1. The molecule has 0 aliphatic carbocycles. The molecule has 0 unspecified atom stereocenters. The minimum atomic E-state index is -0.323. The van der Waals surface area contributed by atoms with E-state index in [1.54, 1.807) is 43.3 Å². The molecule has 3 aromatic carbocycles. The van der Waals surface area contributed by atoms with Gasteiger partial charge in [-0.05, 0) is 54.8 Å². The van der Waals surface area contributed by atoms with Crippen molar-refractivity contribution in [2.24, 2.45) is 0 Å². The first-order valence-electron chi connectivity index (χ1n) is 12.8. The van der Waals surface area contributed by atoms with E-state index >= 15 is 0 Å². The number of pyridine rings is 1. The topological polar surface area (TPSA) is 112 Å². The molecule has 0 saturated carbocycles. The average molecular weight is 534 g/mol. The number of aromatic nitrogens is 1. The number of nitriles is 1. The number of carbonyl (C=O) groups excluding carboxylic acids is 2. The van der Waals surface area contributed by atoms with Crippen molar-refractivity contribution in [3.05, 3.63) is 127 Å². The maximum atomic E-state index is 12.9. The third-order valence-electron chi connectivity index (χ3n) is 7.17. The van der Waals surface area contributed by atoms with Gasteiger partial charge in [-0.1, -0.05) is 42.5 Å². The van der Waals surface area contributed by atoms with Crippen molar-refractivity contribution in [2.45, 2.75) is 33.4 Å². The first kappa shape index (κ1) is 26.4. The Balaban J connectivity index is 1.42. The Bertz CT molecular complexity index is 1710. The number of fused-ring (bicyclic) bond motifs is 1. The zero-order valence-electron chi connectivity index (χ0n) is 22.4. The molecule has 0 spiro atoms.